The number of nitrogens with zero attached hydrogens (tertiary/aromatic N) is 3. The second-order valence-corrected chi connectivity index (χ2v) is 15.2. The van der Waals surface area contributed by atoms with Crippen molar-refractivity contribution in [1.82, 2.24) is 14.5 Å². The Bertz CT molecular complexity index is 3100. The molecule has 11 aromatic rings. The number of para-hydroxylation sites is 1. The summed E-state index contributed by atoms with van der Waals surface area (Å²) in [6.07, 6.45) is 0. The van der Waals surface area contributed by atoms with Crippen LogP contribution in [0.1, 0.15) is 0 Å². The smallest absolute Gasteiger partial charge is 0.160 e. The predicted octanol–water partition coefficient (Wildman–Crippen LogP) is 14.3. The molecule has 0 bridgehead atoms. The average Bonchev–Trinajstić information content (AvgIpc) is 3.83. The zero-order valence-electron chi connectivity index (χ0n) is 30.3. The molecule has 0 atom stereocenters. The van der Waals surface area contributed by atoms with E-state index in [0.717, 1.165) is 56.0 Å². The van der Waals surface area contributed by atoms with Gasteiger partial charge in [0.25, 0.3) is 0 Å². The van der Waals surface area contributed by atoms with Crippen molar-refractivity contribution < 1.29 is 0 Å². The van der Waals surface area contributed by atoms with Gasteiger partial charge >= 0.3 is 0 Å². The topological polar surface area (TPSA) is 30.7 Å². The standard InChI is InChI=1S/C52H33N3S/c1-5-17-34(18-6-1)43-31-38(46-33-45(36-21-9-3-10-22-36)53-52(54-46)37-23-11-4-12-24-37)32-44(35-19-7-2-8-20-35)49(43)55-47-27-15-13-25-39(47)41-29-30-42-40-26-14-16-28-48(40)56-51(42)50(41)55/h1-33H. The SMILES string of the molecule is c1ccc(-c2cc(-c3cc(-c4ccccc4)c(-n4c5ccccc5c5ccc6c7ccccc7sc6c54)c(-c4ccccc4)c3)nc(-c3ccccc3)n2)cc1. The summed E-state index contributed by atoms with van der Waals surface area (Å²) in [7, 11) is 0. The van der Waals surface area contributed by atoms with Gasteiger partial charge < -0.3 is 4.57 Å². The molecule has 0 spiro atoms. The Hall–Kier alpha value is -7.14. The summed E-state index contributed by atoms with van der Waals surface area (Å²) >= 11 is 1.88. The molecular formula is C52H33N3S. The van der Waals surface area contributed by atoms with Gasteiger partial charge in [-0.25, -0.2) is 9.97 Å². The summed E-state index contributed by atoms with van der Waals surface area (Å²) in [6.45, 7) is 0. The van der Waals surface area contributed by atoms with Crippen LogP contribution in [0, 0.1) is 0 Å². The molecule has 56 heavy (non-hydrogen) atoms. The van der Waals surface area contributed by atoms with Gasteiger partial charge in [-0.15, -0.1) is 11.3 Å². The highest BCUT2D eigenvalue weighted by molar-refractivity contribution is 7.26. The van der Waals surface area contributed by atoms with Crippen LogP contribution in [0.2, 0.25) is 0 Å². The van der Waals surface area contributed by atoms with Gasteiger partial charge in [-0.1, -0.05) is 170 Å². The van der Waals surface area contributed by atoms with Crippen LogP contribution in [0.5, 0.6) is 0 Å². The fourth-order valence-corrected chi connectivity index (χ4v) is 9.47. The van der Waals surface area contributed by atoms with Crippen LogP contribution in [0.25, 0.3) is 104 Å². The first kappa shape index (κ1) is 32.3. The maximum absolute atomic E-state index is 5.31. The van der Waals surface area contributed by atoms with Crippen LogP contribution in [-0.2, 0) is 0 Å². The summed E-state index contributed by atoms with van der Waals surface area (Å²) < 4.78 is 5.13. The van der Waals surface area contributed by atoms with E-state index in [2.05, 4.69) is 180 Å². The molecular weight excluding hydrogens is 699 g/mol. The minimum Gasteiger partial charge on any atom is -0.307 e. The molecule has 0 unspecified atom stereocenters. The van der Waals surface area contributed by atoms with Crippen molar-refractivity contribution >= 4 is 53.3 Å². The number of hydrogen-bond acceptors (Lipinski definition) is 3. The van der Waals surface area contributed by atoms with E-state index in [1.807, 2.05) is 35.6 Å². The van der Waals surface area contributed by atoms with Crippen LogP contribution < -0.4 is 0 Å². The monoisotopic (exact) mass is 731 g/mol. The van der Waals surface area contributed by atoms with Crippen molar-refractivity contribution in [3.8, 4) is 61.8 Å². The Labute approximate surface area is 328 Å². The second kappa shape index (κ2) is 13.3. The number of benzene rings is 8. The lowest BCUT2D eigenvalue weighted by atomic mass is 9.91. The summed E-state index contributed by atoms with van der Waals surface area (Å²) in [5.74, 6) is 0.697. The van der Waals surface area contributed by atoms with Crippen molar-refractivity contribution in [2.45, 2.75) is 0 Å². The third kappa shape index (κ3) is 5.34. The third-order valence-electron chi connectivity index (χ3n) is 10.8. The zero-order chi connectivity index (χ0) is 37.0. The van der Waals surface area contributed by atoms with Crippen molar-refractivity contribution in [3.05, 3.63) is 200 Å². The van der Waals surface area contributed by atoms with Crippen LogP contribution in [0.15, 0.2) is 200 Å². The van der Waals surface area contributed by atoms with Gasteiger partial charge in [0.2, 0.25) is 0 Å². The molecule has 262 valence electrons. The van der Waals surface area contributed by atoms with E-state index in [-0.39, 0.29) is 0 Å². The van der Waals surface area contributed by atoms with Crippen molar-refractivity contribution in [2.75, 3.05) is 0 Å². The van der Waals surface area contributed by atoms with Crippen molar-refractivity contribution in [3.63, 3.8) is 0 Å². The molecule has 0 aliphatic heterocycles. The normalized spacial score (nSPS) is 11.6. The Kier molecular flexibility index (Phi) is 7.68. The number of thiophene rings is 1. The quantitative estimate of drug-likeness (QED) is 0.170. The maximum Gasteiger partial charge on any atom is 0.160 e. The van der Waals surface area contributed by atoms with E-state index in [1.54, 1.807) is 0 Å². The molecule has 8 aromatic carbocycles. The summed E-state index contributed by atoms with van der Waals surface area (Å²) in [5.41, 5.74) is 12.9. The van der Waals surface area contributed by atoms with Crippen LogP contribution in [-0.4, -0.2) is 14.5 Å². The fraction of sp³-hybridized carbons (Fsp3) is 0. The Morgan fingerprint density at radius 2 is 0.875 bits per heavy atom. The van der Waals surface area contributed by atoms with Gasteiger partial charge in [-0.05, 0) is 41.5 Å². The van der Waals surface area contributed by atoms with Crippen LogP contribution in [0.3, 0.4) is 0 Å². The average molecular weight is 732 g/mol. The Morgan fingerprint density at radius 3 is 1.52 bits per heavy atom. The first-order chi connectivity index (χ1) is 27.8. The summed E-state index contributed by atoms with van der Waals surface area (Å²) in [6, 6.07) is 71.4. The lowest BCUT2D eigenvalue weighted by molar-refractivity contribution is 1.17. The molecule has 3 aromatic heterocycles. The van der Waals surface area contributed by atoms with Crippen LogP contribution in [0.4, 0.5) is 0 Å². The molecule has 0 saturated carbocycles. The van der Waals surface area contributed by atoms with Gasteiger partial charge in [0.05, 0.1) is 32.8 Å². The highest BCUT2D eigenvalue weighted by Crippen LogP contribution is 2.47. The Balaban J connectivity index is 1.29. The number of fused-ring (bicyclic) bond motifs is 7. The maximum atomic E-state index is 5.31. The zero-order valence-corrected chi connectivity index (χ0v) is 31.1. The van der Waals surface area contributed by atoms with Gasteiger partial charge in [-0.2, -0.15) is 0 Å². The highest BCUT2D eigenvalue weighted by atomic mass is 32.1. The van der Waals surface area contributed by atoms with E-state index in [0.29, 0.717) is 5.82 Å². The van der Waals surface area contributed by atoms with Crippen LogP contribution >= 0.6 is 11.3 Å². The molecule has 0 fully saturated rings. The fourth-order valence-electron chi connectivity index (χ4n) is 8.23. The van der Waals surface area contributed by atoms with E-state index in [1.165, 1.54) is 42.0 Å². The van der Waals surface area contributed by atoms with E-state index in [9.17, 15) is 0 Å². The third-order valence-corrected chi connectivity index (χ3v) is 12.0. The molecule has 0 amide bonds. The summed E-state index contributed by atoms with van der Waals surface area (Å²) in [5, 5.41) is 5.06. The summed E-state index contributed by atoms with van der Waals surface area (Å²) in [4.78, 5) is 10.4. The molecule has 11 rings (SSSR count). The molecule has 4 heteroatoms. The van der Waals surface area contributed by atoms with Gasteiger partial charge in [0.1, 0.15) is 0 Å². The second-order valence-electron chi connectivity index (χ2n) is 14.1. The van der Waals surface area contributed by atoms with Crippen molar-refractivity contribution in [1.29, 1.82) is 0 Å². The van der Waals surface area contributed by atoms with E-state index < -0.39 is 0 Å². The lowest BCUT2D eigenvalue weighted by Crippen LogP contribution is -2.03. The number of rotatable bonds is 6. The first-order valence-electron chi connectivity index (χ1n) is 18.9. The van der Waals surface area contributed by atoms with Crippen molar-refractivity contribution in [2.24, 2.45) is 0 Å². The number of hydrogen-bond donors (Lipinski definition) is 0. The molecule has 0 aliphatic carbocycles. The van der Waals surface area contributed by atoms with Gasteiger partial charge in [0, 0.05) is 54.1 Å². The minimum atomic E-state index is 0.697. The van der Waals surface area contributed by atoms with E-state index >= 15 is 0 Å². The first-order valence-corrected chi connectivity index (χ1v) is 19.7. The predicted molar refractivity (Wildman–Crippen MR) is 236 cm³/mol. The largest absolute Gasteiger partial charge is 0.307 e. The highest BCUT2D eigenvalue weighted by Gasteiger charge is 2.24. The van der Waals surface area contributed by atoms with Gasteiger partial charge in [0.15, 0.2) is 5.82 Å². The number of aromatic nitrogens is 3. The molecule has 0 N–H and O–H groups in total. The minimum absolute atomic E-state index is 0.697. The molecule has 0 aliphatic rings. The lowest BCUT2D eigenvalue weighted by Gasteiger charge is -2.21. The van der Waals surface area contributed by atoms with Gasteiger partial charge in [-0.3, -0.25) is 0 Å². The Morgan fingerprint density at radius 1 is 0.375 bits per heavy atom. The molecule has 3 heterocycles. The van der Waals surface area contributed by atoms with E-state index in [4.69, 9.17) is 9.97 Å². The molecule has 0 saturated heterocycles. The molecule has 3 nitrogen and oxygen atoms in total. The molecule has 0 radical (unpaired) electrons.